The molecule has 0 aromatic heterocycles. The van der Waals surface area contributed by atoms with Crippen molar-refractivity contribution >= 4 is 5.91 Å². The van der Waals surface area contributed by atoms with Crippen molar-refractivity contribution in [2.24, 2.45) is 0 Å². The lowest BCUT2D eigenvalue weighted by Crippen LogP contribution is -2.48. The van der Waals surface area contributed by atoms with Gasteiger partial charge in [0.05, 0.1) is 24.4 Å². The average Bonchev–Trinajstić information content (AvgIpc) is 2.63. The highest BCUT2D eigenvalue weighted by molar-refractivity contribution is 5.88. The van der Waals surface area contributed by atoms with Crippen molar-refractivity contribution in [3.8, 4) is 0 Å². The zero-order chi connectivity index (χ0) is 12.5. The molecule has 2 fully saturated rings. The zero-order valence-electron chi connectivity index (χ0n) is 11.2. The lowest BCUT2D eigenvalue weighted by molar-refractivity contribution is -0.137. The van der Waals surface area contributed by atoms with Gasteiger partial charge in [-0.2, -0.15) is 0 Å². The maximum Gasteiger partial charge on any atom is 0.244 e. The Hall–Kier alpha value is -0.610. The van der Waals surface area contributed by atoms with Gasteiger partial charge in [-0.05, 0) is 32.6 Å². The van der Waals surface area contributed by atoms with Gasteiger partial charge in [-0.1, -0.05) is 13.8 Å². The highest BCUT2D eigenvalue weighted by atomic mass is 16.5. The van der Waals surface area contributed by atoms with Crippen molar-refractivity contribution < 1.29 is 9.53 Å². The van der Waals surface area contributed by atoms with Crippen LogP contribution in [0.2, 0.25) is 0 Å². The molecular weight excluding hydrogens is 216 g/mol. The summed E-state index contributed by atoms with van der Waals surface area (Å²) < 4.78 is 5.52. The van der Waals surface area contributed by atoms with E-state index in [-0.39, 0.29) is 23.7 Å². The van der Waals surface area contributed by atoms with Gasteiger partial charge in [-0.25, -0.2) is 0 Å². The first-order valence-corrected chi connectivity index (χ1v) is 6.80. The average molecular weight is 240 g/mol. The molecule has 0 spiro atoms. The molecule has 2 aliphatic rings. The van der Waals surface area contributed by atoms with Crippen molar-refractivity contribution in [3.05, 3.63) is 0 Å². The van der Waals surface area contributed by atoms with Gasteiger partial charge in [-0.15, -0.1) is 0 Å². The van der Waals surface area contributed by atoms with Gasteiger partial charge >= 0.3 is 0 Å². The van der Waals surface area contributed by atoms with E-state index in [0.29, 0.717) is 6.61 Å². The lowest BCUT2D eigenvalue weighted by Gasteiger charge is -2.34. The van der Waals surface area contributed by atoms with Gasteiger partial charge in [0.2, 0.25) is 5.91 Å². The minimum atomic E-state index is -0.377. The topological polar surface area (TPSA) is 41.6 Å². The molecule has 1 N–H and O–H groups in total. The monoisotopic (exact) mass is 240 g/mol. The fourth-order valence-electron chi connectivity index (χ4n) is 2.84. The van der Waals surface area contributed by atoms with Crippen LogP contribution >= 0.6 is 0 Å². The normalized spacial score (nSPS) is 38.8. The number of hydrogen-bond acceptors (Lipinski definition) is 3. The van der Waals surface area contributed by atoms with E-state index in [2.05, 4.69) is 19.2 Å². The number of nitrogens with one attached hydrogen (secondary N) is 1. The summed E-state index contributed by atoms with van der Waals surface area (Å²) in [5.74, 6) is 0.252. The van der Waals surface area contributed by atoms with Crippen LogP contribution in [0.1, 0.15) is 46.5 Å². The smallest absolute Gasteiger partial charge is 0.244 e. The van der Waals surface area contributed by atoms with Crippen LogP contribution < -0.4 is 5.32 Å². The predicted molar refractivity (Wildman–Crippen MR) is 66.6 cm³/mol. The number of amides is 1. The van der Waals surface area contributed by atoms with E-state index >= 15 is 0 Å². The molecule has 3 atom stereocenters. The Morgan fingerprint density at radius 2 is 2.29 bits per heavy atom. The van der Waals surface area contributed by atoms with E-state index in [1.54, 1.807) is 0 Å². The number of carbonyl (C=O) groups is 1. The highest BCUT2D eigenvalue weighted by Crippen LogP contribution is 2.29. The Bertz CT molecular complexity index is 287. The Balaban J connectivity index is 2.16. The molecule has 2 aliphatic heterocycles. The summed E-state index contributed by atoms with van der Waals surface area (Å²) in [5.41, 5.74) is -0.377. The third-order valence-corrected chi connectivity index (χ3v) is 4.15. The number of rotatable bonds is 3. The van der Waals surface area contributed by atoms with Gasteiger partial charge < -0.3 is 9.64 Å². The Labute approximate surface area is 104 Å². The van der Waals surface area contributed by atoms with Crippen LogP contribution in [-0.2, 0) is 9.53 Å². The molecule has 0 aromatic rings. The number of ether oxygens (including phenoxy) is 1. The van der Waals surface area contributed by atoms with Gasteiger partial charge in [-0.3, -0.25) is 10.1 Å². The molecule has 0 aromatic carbocycles. The van der Waals surface area contributed by atoms with Crippen molar-refractivity contribution in [1.29, 1.82) is 0 Å². The summed E-state index contributed by atoms with van der Waals surface area (Å²) in [6.45, 7) is 7.75. The Kier molecular flexibility index (Phi) is 3.73. The second-order valence-electron chi connectivity index (χ2n) is 5.34. The molecule has 4 heteroatoms. The quantitative estimate of drug-likeness (QED) is 0.813. The SMILES string of the molecule is CCC1NC(C)(CC)C(=O)N1C1CCCOC1. The van der Waals surface area contributed by atoms with Crippen molar-refractivity contribution in [2.45, 2.75) is 64.2 Å². The fraction of sp³-hybridized carbons (Fsp3) is 0.923. The van der Waals surface area contributed by atoms with Crippen LogP contribution in [0.3, 0.4) is 0 Å². The number of nitrogens with zero attached hydrogens (tertiary/aromatic N) is 1. The second kappa shape index (κ2) is 4.94. The first kappa shape index (κ1) is 12.8. The maximum atomic E-state index is 12.5. The molecule has 98 valence electrons. The zero-order valence-corrected chi connectivity index (χ0v) is 11.2. The van der Waals surface area contributed by atoms with Gasteiger partial charge in [0.1, 0.15) is 0 Å². The van der Waals surface area contributed by atoms with E-state index in [4.69, 9.17) is 4.74 Å². The molecule has 2 saturated heterocycles. The molecule has 0 aliphatic carbocycles. The van der Waals surface area contributed by atoms with Crippen LogP contribution in [0.15, 0.2) is 0 Å². The van der Waals surface area contributed by atoms with E-state index in [1.807, 2.05) is 11.8 Å². The van der Waals surface area contributed by atoms with E-state index < -0.39 is 0 Å². The standard InChI is InChI=1S/C13H24N2O2/c1-4-11-14-13(3,5-2)12(16)15(11)10-7-6-8-17-9-10/h10-11,14H,4-9H2,1-3H3. The van der Waals surface area contributed by atoms with E-state index in [9.17, 15) is 4.79 Å². The summed E-state index contributed by atoms with van der Waals surface area (Å²) in [5, 5.41) is 3.48. The van der Waals surface area contributed by atoms with Crippen molar-refractivity contribution in [2.75, 3.05) is 13.2 Å². The molecule has 0 bridgehead atoms. The molecule has 0 radical (unpaired) electrons. The molecule has 17 heavy (non-hydrogen) atoms. The predicted octanol–water partition coefficient (Wildman–Crippen LogP) is 1.50. The van der Waals surface area contributed by atoms with E-state index in [1.165, 1.54) is 0 Å². The maximum absolute atomic E-state index is 12.5. The molecule has 2 heterocycles. The molecule has 0 saturated carbocycles. The first-order valence-electron chi connectivity index (χ1n) is 6.80. The fourth-order valence-corrected chi connectivity index (χ4v) is 2.84. The Morgan fingerprint density at radius 3 is 2.82 bits per heavy atom. The summed E-state index contributed by atoms with van der Waals surface area (Å²) in [6, 6.07) is 0.266. The molecule has 3 unspecified atom stereocenters. The molecule has 1 amide bonds. The van der Waals surface area contributed by atoms with E-state index in [0.717, 1.165) is 32.3 Å². The minimum absolute atomic E-state index is 0.180. The van der Waals surface area contributed by atoms with Crippen LogP contribution in [0.25, 0.3) is 0 Å². The molecule has 2 rings (SSSR count). The largest absolute Gasteiger partial charge is 0.379 e. The third-order valence-electron chi connectivity index (χ3n) is 4.15. The minimum Gasteiger partial charge on any atom is -0.379 e. The molecular formula is C13H24N2O2. The first-order chi connectivity index (χ1) is 8.12. The number of hydrogen-bond donors (Lipinski definition) is 1. The van der Waals surface area contributed by atoms with Gasteiger partial charge in [0, 0.05) is 6.61 Å². The van der Waals surface area contributed by atoms with Gasteiger partial charge in [0.25, 0.3) is 0 Å². The summed E-state index contributed by atoms with van der Waals surface area (Å²) in [7, 11) is 0. The van der Waals surface area contributed by atoms with Crippen LogP contribution in [-0.4, -0.2) is 41.8 Å². The van der Waals surface area contributed by atoms with Crippen LogP contribution in [0.5, 0.6) is 0 Å². The number of carbonyl (C=O) groups excluding carboxylic acids is 1. The van der Waals surface area contributed by atoms with Crippen molar-refractivity contribution in [1.82, 2.24) is 10.2 Å². The van der Waals surface area contributed by atoms with Crippen molar-refractivity contribution in [3.63, 3.8) is 0 Å². The Morgan fingerprint density at radius 1 is 1.53 bits per heavy atom. The third kappa shape index (κ3) is 2.20. The summed E-state index contributed by atoms with van der Waals surface area (Å²) >= 11 is 0. The summed E-state index contributed by atoms with van der Waals surface area (Å²) in [6.07, 6.45) is 4.11. The van der Waals surface area contributed by atoms with Crippen LogP contribution in [0, 0.1) is 0 Å². The van der Waals surface area contributed by atoms with Crippen LogP contribution in [0.4, 0.5) is 0 Å². The summed E-state index contributed by atoms with van der Waals surface area (Å²) in [4.78, 5) is 14.6. The molecule has 4 nitrogen and oxygen atoms in total. The van der Waals surface area contributed by atoms with Gasteiger partial charge in [0.15, 0.2) is 0 Å². The lowest BCUT2D eigenvalue weighted by atomic mass is 9.98. The second-order valence-corrected chi connectivity index (χ2v) is 5.34. The highest BCUT2D eigenvalue weighted by Gasteiger charge is 2.48.